The highest BCUT2D eigenvalue weighted by Crippen LogP contribution is 2.42. The van der Waals surface area contributed by atoms with E-state index < -0.39 is 46.2 Å². The molecule has 23 heavy (non-hydrogen) atoms. The molecule has 1 fully saturated rings. The van der Waals surface area contributed by atoms with E-state index in [4.69, 9.17) is 5.11 Å². The van der Waals surface area contributed by atoms with Gasteiger partial charge in [-0.3, -0.25) is 4.79 Å². The summed E-state index contributed by atoms with van der Waals surface area (Å²) in [6.07, 6.45) is -0.221. The van der Waals surface area contributed by atoms with Gasteiger partial charge in [-0.05, 0) is 6.42 Å². The molecule has 0 spiro atoms. The topological polar surface area (TPSA) is 52.6 Å². The monoisotopic (exact) mass is 348 g/mol. The van der Waals surface area contributed by atoms with Gasteiger partial charge in [-0.1, -0.05) is 0 Å². The minimum Gasteiger partial charge on any atom is -0.481 e. The second-order valence-corrected chi connectivity index (χ2v) is 5.94. The first-order valence-corrected chi connectivity index (χ1v) is 7.29. The number of halogens is 4. The number of carboxylic acids is 1. The Balaban J connectivity index is 1.99. The van der Waals surface area contributed by atoms with Gasteiger partial charge in [0.25, 0.3) is 0 Å². The number of carbonyl (C=O) groups is 1. The molecule has 0 radical (unpaired) electrons. The zero-order valence-electron chi connectivity index (χ0n) is 11.6. The van der Waals surface area contributed by atoms with Crippen molar-refractivity contribution < 1.29 is 27.5 Å². The van der Waals surface area contributed by atoms with Gasteiger partial charge in [0.05, 0.1) is 6.42 Å². The third kappa shape index (κ3) is 2.62. The average Bonchev–Trinajstić information content (AvgIpc) is 2.99. The fourth-order valence-electron chi connectivity index (χ4n) is 3.07. The summed E-state index contributed by atoms with van der Waals surface area (Å²) in [5, 5.41) is 11.8. The van der Waals surface area contributed by atoms with Crippen LogP contribution < -0.4 is 5.32 Å². The molecule has 2 heterocycles. The van der Waals surface area contributed by atoms with Crippen LogP contribution in [0, 0.1) is 23.3 Å². The van der Waals surface area contributed by atoms with E-state index in [2.05, 4.69) is 17.9 Å². The van der Waals surface area contributed by atoms with Gasteiger partial charge in [0.15, 0.2) is 23.3 Å². The zero-order chi connectivity index (χ0) is 16.9. The standard InChI is InChI=1S/C14H12F4N2O2S/c15-6-2-7(16)13(18)11(12(6)17)5-1-9-8(3-10(21)22)19-14(23)20(9)4-5/h2,5,14,19,23H,1,3-4H2,(H,21,22)/t5-,14?/m1/s1. The molecule has 4 nitrogen and oxygen atoms in total. The second kappa shape index (κ2) is 5.63. The summed E-state index contributed by atoms with van der Waals surface area (Å²) >= 11 is 4.24. The van der Waals surface area contributed by atoms with Crippen molar-refractivity contribution in [1.29, 1.82) is 0 Å². The Morgan fingerprint density at radius 2 is 1.91 bits per heavy atom. The number of nitrogens with one attached hydrogen (secondary N) is 1. The van der Waals surface area contributed by atoms with Crippen LogP contribution in [0.15, 0.2) is 17.5 Å². The van der Waals surface area contributed by atoms with Crippen LogP contribution >= 0.6 is 12.6 Å². The normalized spacial score (nSPS) is 23.3. The van der Waals surface area contributed by atoms with Gasteiger partial charge in [-0.2, -0.15) is 0 Å². The number of benzene rings is 1. The number of hydrogen-bond acceptors (Lipinski definition) is 4. The maximum absolute atomic E-state index is 13.9. The van der Waals surface area contributed by atoms with Gasteiger partial charge in [0.2, 0.25) is 0 Å². The molecule has 0 saturated carbocycles. The van der Waals surface area contributed by atoms with Crippen LogP contribution in [0.1, 0.15) is 24.3 Å². The summed E-state index contributed by atoms with van der Waals surface area (Å²) in [6.45, 7) is 0.0797. The van der Waals surface area contributed by atoms with Crippen LogP contribution in [0.25, 0.3) is 0 Å². The number of thiol groups is 1. The summed E-state index contributed by atoms with van der Waals surface area (Å²) in [5.41, 5.74) is -0.271. The first-order chi connectivity index (χ1) is 10.8. The van der Waals surface area contributed by atoms with Crippen molar-refractivity contribution in [1.82, 2.24) is 10.2 Å². The summed E-state index contributed by atoms with van der Waals surface area (Å²) in [5.74, 6) is -7.63. The first-order valence-electron chi connectivity index (χ1n) is 6.77. The van der Waals surface area contributed by atoms with Gasteiger partial charge in [-0.15, -0.1) is 12.6 Å². The summed E-state index contributed by atoms with van der Waals surface area (Å²) < 4.78 is 54.6. The van der Waals surface area contributed by atoms with Crippen molar-refractivity contribution >= 4 is 18.6 Å². The highest BCUT2D eigenvalue weighted by Gasteiger charge is 2.41. The fourth-order valence-corrected chi connectivity index (χ4v) is 3.46. The van der Waals surface area contributed by atoms with Crippen molar-refractivity contribution in [3.63, 3.8) is 0 Å². The molecule has 1 aromatic carbocycles. The summed E-state index contributed by atoms with van der Waals surface area (Å²) in [6, 6.07) is 0.169. The van der Waals surface area contributed by atoms with Gasteiger partial charge in [0, 0.05) is 35.5 Å². The first kappa shape index (κ1) is 16.0. The lowest BCUT2D eigenvalue weighted by molar-refractivity contribution is -0.136. The van der Waals surface area contributed by atoms with Crippen LogP contribution in [0.4, 0.5) is 17.6 Å². The molecule has 1 saturated heterocycles. The highest BCUT2D eigenvalue weighted by atomic mass is 32.1. The molecule has 0 aromatic heterocycles. The second-order valence-electron chi connectivity index (χ2n) is 5.45. The number of aliphatic carboxylic acids is 1. The molecule has 0 amide bonds. The van der Waals surface area contributed by atoms with Gasteiger partial charge in [0.1, 0.15) is 5.50 Å². The van der Waals surface area contributed by atoms with Crippen molar-refractivity contribution in [2.45, 2.75) is 24.3 Å². The molecule has 0 bridgehead atoms. The SMILES string of the molecule is O=C(O)CC1=C2C[C@@H](c3c(F)c(F)cc(F)c3F)CN2C(S)N1. The van der Waals surface area contributed by atoms with Gasteiger partial charge < -0.3 is 15.3 Å². The van der Waals surface area contributed by atoms with Crippen LogP contribution in [0.5, 0.6) is 0 Å². The predicted octanol–water partition coefficient (Wildman–Crippen LogP) is 2.54. The third-order valence-corrected chi connectivity index (χ3v) is 4.44. The molecular weight excluding hydrogens is 336 g/mol. The van der Waals surface area contributed by atoms with Crippen LogP contribution in [-0.4, -0.2) is 28.0 Å². The van der Waals surface area contributed by atoms with Crippen LogP contribution in [0.3, 0.4) is 0 Å². The Hall–Kier alpha value is -1.90. The van der Waals surface area contributed by atoms with Gasteiger partial charge in [-0.25, -0.2) is 17.6 Å². The van der Waals surface area contributed by atoms with Gasteiger partial charge >= 0.3 is 5.97 Å². The third-order valence-electron chi connectivity index (χ3n) is 4.03. The van der Waals surface area contributed by atoms with Crippen LogP contribution in [0.2, 0.25) is 0 Å². The van der Waals surface area contributed by atoms with E-state index in [0.717, 1.165) is 0 Å². The number of rotatable bonds is 3. The summed E-state index contributed by atoms with van der Waals surface area (Å²) in [7, 11) is 0. The lowest BCUT2D eigenvalue weighted by atomic mass is 9.95. The molecule has 124 valence electrons. The van der Waals surface area contributed by atoms with Crippen molar-refractivity contribution in [2.75, 3.05) is 6.54 Å². The van der Waals surface area contributed by atoms with E-state index in [1.807, 2.05) is 0 Å². The zero-order valence-corrected chi connectivity index (χ0v) is 12.5. The highest BCUT2D eigenvalue weighted by molar-refractivity contribution is 7.80. The molecule has 3 rings (SSSR count). The molecule has 2 aliphatic rings. The number of carboxylic acid groups (broad SMARTS) is 1. The van der Waals surface area contributed by atoms with E-state index >= 15 is 0 Å². The number of nitrogens with zero attached hydrogens (tertiary/aromatic N) is 1. The largest absolute Gasteiger partial charge is 0.481 e. The van der Waals surface area contributed by atoms with E-state index in [1.165, 1.54) is 0 Å². The molecule has 0 aliphatic carbocycles. The molecule has 1 aromatic rings. The maximum atomic E-state index is 13.9. The lowest BCUT2D eigenvalue weighted by Crippen LogP contribution is -2.32. The maximum Gasteiger partial charge on any atom is 0.309 e. The van der Waals surface area contributed by atoms with Crippen molar-refractivity contribution in [2.24, 2.45) is 0 Å². The van der Waals surface area contributed by atoms with E-state index in [1.54, 1.807) is 4.90 Å². The fraction of sp³-hybridized carbons (Fsp3) is 0.357. The Bertz CT molecular complexity index is 699. The Kier molecular flexibility index (Phi) is 3.91. The van der Waals surface area contributed by atoms with Crippen molar-refractivity contribution in [3.8, 4) is 0 Å². The Morgan fingerprint density at radius 3 is 2.48 bits per heavy atom. The molecule has 2 N–H and O–H groups in total. The van der Waals surface area contributed by atoms with Crippen molar-refractivity contribution in [3.05, 3.63) is 46.3 Å². The van der Waals surface area contributed by atoms with E-state index in [0.29, 0.717) is 11.4 Å². The molecule has 2 atom stereocenters. The number of fused-ring (bicyclic) bond motifs is 1. The Labute approximate surface area is 134 Å². The number of allylic oxidation sites excluding steroid dienone is 1. The molecule has 1 unspecified atom stereocenters. The molecule has 2 aliphatic heterocycles. The smallest absolute Gasteiger partial charge is 0.309 e. The van der Waals surface area contributed by atoms with Crippen LogP contribution in [-0.2, 0) is 4.79 Å². The predicted molar refractivity (Wildman–Crippen MR) is 75.5 cm³/mol. The average molecular weight is 348 g/mol. The molecule has 9 heteroatoms. The minimum absolute atomic E-state index is 0.0728. The lowest BCUT2D eigenvalue weighted by Gasteiger charge is -2.21. The minimum atomic E-state index is -1.45. The summed E-state index contributed by atoms with van der Waals surface area (Å²) in [4.78, 5) is 12.5. The quantitative estimate of drug-likeness (QED) is 0.446. The number of hydrogen-bond donors (Lipinski definition) is 3. The molecular formula is C14H12F4N2O2S. The Morgan fingerprint density at radius 1 is 1.30 bits per heavy atom. The van der Waals surface area contributed by atoms with E-state index in [-0.39, 0.29) is 25.5 Å². The van der Waals surface area contributed by atoms with E-state index in [9.17, 15) is 22.4 Å².